The molecule has 2 aliphatic heterocycles. The molecule has 1 unspecified atom stereocenters. The Morgan fingerprint density at radius 3 is 2.84 bits per heavy atom. The fourth-order valence-corrected chi connectivity index (χ4v) is 5.02. The predicted molar refractivity (Wildman–Crippen MR) is 123 cm³/mol. The Morgan fingerprint density at radius 1 is 1.16 bits per heavy atom. The molecular weight excluding hydrogens is 408 g/mol. The summed E-state index contributed by atoms with van der Waals surface area (Å²) in [5.41, 5.74) is 5.79. The molecule has 7 heteroatoms. The lowest BCUT2D eigenvalue weighted by molar-refractivity contribution is -0.122. The SMILES string of the molecule is Cc1ccc(N2CC(C(=O)Nc3cccc(-c4cn5c(n4)SCC5)c3)CC2=O)cc1C. The number of nitrogens with one attached hydrogen (secondary N) is 1. The quantitative estimate of drug-likeness (QED) is 0.669. The van der Waals surface area contributed by atoms with Gasteiger partial charge in [-0.2, -0.15) is 0 Å². The van der Waals surface area contributed by atoms with Crippen molar-refractivity contribution in [3.63, 3.8) is 0 Å². The van der Waals surface area contributed by atoms with E-state index in [1.807, 2.05) is 56.3 Å². The molecule has 1 aromatic heterocycles. The van der Waals surface area contributed by atoms with Gasteiger partial charge in [0, 0.05) is 48.4 Å². The van der Waals surface area contributed by atoms with Gasteiger partial charge < -0.3 is 14.8 Å². The van der Waals surface area contributed by atoms with E-state index in [2.05, 4.69) is 21.1 Å². The minimum atomic E-state index is -0.370. The molecule has 5 rings (SSSR count). The lowest BCUT2D eigenvalue weighted by atomic mass is 10.1. The molecule has 2 aliphatic rings. The minimum Gasteiger partial charge on any atom is -0.326 e. The Hall–Kier alpha value is -3.06. The van der Waals surface area contributed by atoms with Gasteiger partial charge in [-0.05, 0) is 49.2 Å². The number of carbonyl (C=O) groups is 2. The average molecular weight is 433 g/mol. The summed E-state index contributed by atoms with van der Waals surface area (Å²) in [6.45, 7) is 5.46. The average Bonchev–Trinajstić information content (AvgIpc) is 3.45. The number of rotatable bonds is 4. The van der Waals surface area contributed by atoms with Crippen LogP contribution < -0.4 is 10.2 Å². The summed E-state index contributed by atoms with van der Waals surface area (Å²) >= 11 is 1.76. The van der Waals surface area contributed by atoms with Crippen molar-refractivity contribution in [1.82, 2.24) is 9.55 Å². The maximum atomic E-state index is 12.9. The van der Waals surface area contributed by atoms with Crippen molar-refractivity contribution in [3.8, 4) is 11.3 Å². The third kappa shape index (κ3) is 3.85. The topological polar surface area (TPSA) is 67.2 Å². The van der Waals surface area contributed by atoms with Crippen LogP contribution in [0.2, 0.25) is 0 Å². The Kier molecular flexibility index (Phi) is 5.06. The number of amides is 2. The van der Waals surface area contributed by atoms with Crippen LogP contribution in [0.4, 0.5) is 11.4 Å². The van der Waals surface area contributed by atoms with Gasteiger partial charge in [0.25, 0.3) is 0 Å². The maximum absolute atomic E-state index is 12.9. The van der Waals surface area contributed by atoms with Crippen molar-refractivity contribution in [2.75, 3.05) is 22.5 Å². The van der Waals surface area contributed by atoms with Crippen LogP contribution in [0.3, 0.4) is 0 Å². The minimum absolute atomic E-state index is 0.0119. The van der Waals surface area contributed by atoms with Gasteiger partial charge in [-0.1, -0.05) is 30.0 Å². The highest BCUT2D eigenvalue weighted by Gasteiger charge is 2.35. The van der Waals surface area contributed by atoms with E-state index in [-0.39, 0.29) is 24.2 Å². The summed E-state index contributed by atoms with van der Waals surface area (Å²) in [5, 5.41) is 4.04. The van der Waals surface area contributed by atoms with Crippen LogP contribution in [0, 0.1) is 19.8 Å². The Morgan fingerprint density at radius 2 is 2.03 bits per heavy atom. The van der Waals surface area contributed by atoms with Gasteiger partial charge in [-0.3, -0.25) is 9.59 Å². The number of aromatic nitrogens is 2. The number of anilines is 2. The van der Waals surface area contributed by atoms with Crippen LogP contribution >= 0.6 is 11.8 Å². The van der Waals surface area contributed by atoms with E-state index in [1.165, 1.54) is 5.56 Å². The molecule has 31 heavy (non-hydrogen) atoms. The van der Waals surface area contributed by atoms with E-state index >= 15 is 0 Å². The Balaban J connectivity index is 1.29. The van der Waals surface area contributed by atoms with Gasteiger partial charge >= 0.3 is 0 Å². The third-order valence-corrected chi connectivity index (χ3v) is 7.00. The summed E-state index contributed by atoms with van der Waals surface area (Å²) in [7, 11) is 0. The lowest BCUT2D eigenvalue weighted by Crippen LogP contribution is -2.28. The molecule has 0 saturated carbocycles. The summed E-state index contributed by atoms with van der Waals surface area (Å²) in [6, 6.07) is 13.7. The number of benzene rings is 2. The van der Waals surface area contributed by atoms with E-state index in [0.717, 1.165) is 45.6 Å². The molecule has 0 aliphatic carbocycles. The van der Waals surface area contributed by atoms with Crippen LogP contribution in [-0.2, 0) is 16.1 Å². The molecule has 2 aromatic carbocycles. The van der Waals surface area contributed by atoms with E-state index in [4.69, 9.17) is 0 Å². The number of hydrogen-bond donors (Lipinski definition) is 1. The third-order valence-electron chi connectivity index (χ3n) is 6.03. The van der Waals surface area contributed by atoms with E-state index < -0.39 is 0 Å². The first kappa shape index (κ1) is 19.9. The molecule has 1 N–H and O–H groups in total. The molecule has 2 amide bonds. The maximum Gasteiger partial charge on any atom is 0.229 e. The first-order valence-electron chi connectivity index (χ1n) is 10.5. The molecular formula is C24H24N4O2S. The first-order valence-corrected chi connectivity index (χ1v) is 11.5. The first-order chi connectivity index (χ1) is 15.0. The second-order valence-electron chi connectivity index (χ2n) is 8.19. The molecule has 1 fully saturated rings. The van der Waals surface area contributed by atoms with Gasteiger partial charge in [-0.15, -0.1) is 0 Å². The zero-order chi connectivity index (χ0) is 21.5. The predicted octanol–water partition coefficient (Wildman–Crippen LogP) is 4.26. The molecule has 0 spiro atoms. The zero-order valence-electron chi connectivity index (χ0n) is 17.6. The van der Waals surface area contributed by atoms with Crippen molar-refractivity contribution < 1.29 is 9.59 Å². The van der Waals surface area contributed by atoms with Crippen molar-refractivity contribution >= 4 is 35.0 Å². The fourth-order valence-electron chi connectivity index (χ4n) is 4.08. The summed E-state index contributed by atoms with van der Waals surface area (Å²) in [5.74, 6) is 0.560. The molecule has 6 nitrogen and oxygen atoms in total. The number of hydrogen-bond acceptors (Lipinski definition) is 4. The van der Waals surface area contributed by atoms with Crippen molar-refractivity contribution in [2.45, 2.75) is 32.0 Å². The standard InChI is InChI=1S/C24H24N4O2S/c1-15-6-7-20(10-16(15)2)28-13-18(12-22(28)29)23(30)25-19-5-3-4-17(11-19)21-14-27-8-9-31-24(27)26-21/h3-7,10-11,14,18H,8-9,12-13H2,1-2H3,(H,25,30). The molecule has 0 radical (unpaired) electrons. The number of nitrogens with zero attached hydrogens (tertiary/aromatic N) is 3. The number of aryl methyl sites for hydroxylation is 3. The summed E-state index contributed by atoms with van der Waals surface area (Å²) < 4.78 is 2.16. The fraction of sp³-hybridized carbons (Fsp3) is 0.292. The number of imidazole rings is 1. The highest BCUT2D eigenvalue weighted by atomic mass is 32.2. The normalized spacial score (nSPS) is 17.8. The summed E-state index contributed by atoms with van der Waals surface area (Å²) in [4.78, 5) is 31.9. The number of carbonyl (C=O) groups excluding carboxylic acids is 2. The second-order valence-corrected chi connectivity index (χ2v) is 9.26. The zero-order valence-corrected chi connectivity index (χ0v) is 18.4. The van der Waals surface area contributed by atoms with Gasteiger partial charge in [0.15, 0.2) is 5.16 Å². The van der Waals surface area contributed by atoms with Gasteiger partial charge in [0.05, 0.1) is 11.6 Å². The largest absolute Gasteiger partial charge is 0.326 e. The summed E-state index contributed by atoms with van der Waals surface area (Å²) in [6.07, 6.45) is 2.29. The van der Waals surface area contributed by atoms with E-state index in [9.17, 15) is 9.59 Å². The highest BCUT2D eigenvalue weighted by Crippen LogP contribution is 2.31. The van der Waals surface area contributed by atoms with Crippen LogP contribution in [0.1, 0.15) is 17.5 Å². The Bertz CT molecular complexity index is 1160. The van der Waals surface area contributed by atoms with Crippen molar-refractivity contribution in [3.05, 3.63) is 59.8 Å². The van der Waals surface area contributed by atoms with E-state index in [0.29, 0.717) is 6.54 Å². The number of thioether (sulfide) groups is 1. The van der Waals surface area contributed by atoms with Gasteiger partial charge in [0.2, 0.25) is 11.8 Å². The van der Waals surface area contributed by atoms with Crippen LogP contribution in [-0.4, -0.2) is 33.7 Å². The number of fused-ring (bicyclic) bond motifs is 1. The second kappa shape index (κ2) is 7.89. The van der Waals surface area contributed by atoms with Crippen LogP contribution in [0.25, 0.3) is 11.3 Å². The molecule has 0 bridgehead atoms. The lowest BCUT2D eigenvalue weighted by Gasteiger charge is -2.18. The molecule has 158 valence electrons. The smallest absolute Gasteiger partial charge is 0.229 e. The Labute approximate surface area is 185 Å². The highest BCUT2D eigenvalue weighted by molar-refractivity contribution is 7.99. The van der Waals surface area contributed by atoms with Crippen molar-refractivity contribution in [2.24, 2.45) is 5.92 Å². The molecule has 3 aromatic rings. The van der Waals surface area contributed by atoms with E-state index in [1.54, 1.807) is 16.7 Å². The van der Waals surface area contributed by atoms with Gasteiger partial charge in [-0.25, -0.2) is 4.98 Å². The molecule has 1 saturated heterocycles. The van der Waals surface area contributed by atoms with Gasteiger partial charge in [0.1, 0.15) is 0 Å². The molecule has 3 heterocycles. The monoisotopic (exact) mass is 432 g/mol. The van der Waals surface area contributed by atoms with Crippen molar-refractivity contribution in [1.29, 1.82) is 0 Å². The molecule has 1 atom stereocenters. The van der Waals surface area contributed by atoms with Crippen LogP contribution in [0.5, 0.6) is 0 Å². The van der Waals surface area contributed by atoms with Crippen LogP contribution in [0.15, 0.2) is 53.8 Å².